The Morgan fingerprint density at radius 2 is 1.96 bits per heavy atom. The molecule has 136 valence electrons. The number of hydrogen-bond acceptors (Lipinski definition) is 5. The summed E-state index contributed by atoms with van der Waals surface area (Å²) in [4.78, 5) is 29.5. The average Bonchev–Trinajstić information content (AvgIpc) is 3.21. The maximum absolute atomic E-state index is 12.0. The summed E-state index contributed by atoms with van der Waals surface area (Å²) >= 11 is 3.04. The second kappa shape index (κ2) is 10.3. The van der Waals surface area contributed by atoms with Crippen LogP contribution in [0.4, 0.5) is 5.13 Å². The third kappa shape index (κ3) is 6.96. The molecule has 5 nitrogen and oxygen atoms in total. The van der Waals surface area contributed by atoms with Crippen molar-refractivity contribution in [3.8, 4) is 10.6 Å². The molecule has 0 saturated carbocycles. The lowest BCUT2D eigenvalue weighted by Gasteiger charge is -2.01. The number of thiophene rings is 1. The number of aromatic nitrogens is 1. The van der Waals surface area contributed by atoms with Crippen molar-refractivity contribution >= 4 is 39.6 Å². The SMILES string of the molecule is CCCCCCCC(=O)Nc1nc(-c2ccc(CNC(C)=O)s2)cs1. The molecule has 2 N–H and O–H groups in total. The van der Waals surface area contributed by atoms with Gasteiger partial charge in [0.25, 0.3) is 0 Å². The Morgan fingerprint density at radius 3 is 2.72 bits per heavy atom. The van der Waals surface area contributed by atoms with Crippen LogP contribution in [-0.2, 0) is 16.1 Å². The van der Waals surface area contributed by atoms with Crippen LogP contribution in [0, 0.1) is 0 Å². The zero-order chi connectivity index (χ0) is 18.1. The molecule has 25 heavy (non-hydrogen) atoms. The fourth-order valence-electron chi connectivity index (χ4n) is 2.34. The van der Waals surface area contributed by atoms with Crippen LogP contribution in [0.2, 0.25) is 0 Å². The van der Waals surface area contributed by atoms with Crippen molar-refractivity contribution in [2.24, 2.45) is 0 Å². The normalized spacial score (nSPS) is 10.6. The highest BCUT2D eigenvalue weighted by atomic mass is 32.1. The molecule has 0 bridgehead atoms. The smallest absolute Gasteiger partial charge is 0.226 e. The molecule has 0 aliphatic carbocycles. The largest absolute Gasteiger partial charge is 0.351 e. The van der Waals surface area contributed by atoms with Gasteiger partial charge in [0.05, 0.1) is 17.1 Å². The van der Waals surface area contributed by atoms with E-state index in [1.807, 2.05) is 17.5 Å². The summed E-state index contributed by atoms with van der Waals surface area (Å²) in [6, 6.07) is 3.99. The number of amides is 2. The molecule has 2 amide bonds. The van der Waals surface area contributed by atoms with Crippen LogP contribution in [0.5, 0.6) is 0 Å². The first kappa shape index (κ1) is 19.6. The molecular formula is C18H25N3O2S2. The summed E-state index contributed by atoms with van der Waals surface area (Å²) < 4.78 is 0. The summed E-state index contributed by atoms with van der Waals surface area (Å²) in [5.41, 5.74) is 0.863. The van der Waals surface area contributed by atoms with Gasteiger partial charge in [0, 0.05) is 23.6 Å². The van der Waals surface area contributed by atoms with Crippen LogP contribution >= 0.6 is 22.7 Å². The van der Waals surface area contributed by atoms with E-state index in [4.69, 9.17) is 0 Å². The number of anilines is 1. The van der Waals surface area contributed by atoms with Crippen LogP contribution in [0.1, 0.15) is 57.2 Å². The molecule has 0 atom stereocenters. The van der Waals surface area contributed by atoms with Crippen molar-refractivity contribution in [1.29, 1.82) is 0 Å². The fourth-order valence-corrected chi connectivity index (χ4v) is 4.05. The minimum atomic E-state index is -0.0386. The number of nitrogens with zero attached hydrogens (tertiary/aromatic N) is 1. The predicted octanol–water partition coefficient (Wildman–Crippen LogP) is 4.81. The van der Waals surface area contributed by atoms with Crippen LogP contribution in [0.15, 0.2) is 17.5 Å². The second-order valence-corrected chi connectivity index (χ2v) is 7.95. The lowest BCUT2D eigenvalue weighted by atomic mass is 10.1. The number of carbonyl (C=O) groups excluding carboxylic acids is 2. The molecule has 0 fully saturated rings. The third-order valence-corrected chi connectivity index (χ3v) is 5.55. The highest BCUT2D eigenvalue weighted by Crippen LogP contribution is 2.30. The van der Waals surface area contributed by atoms with Gasteiger partial charge in [0.1, 0.15) is 0 Å². The van der Waals surface area contributed by atoms with Gasteiger partial charge in [-0.05, 0) is 18.6 Å². The van der Waals surface area contributed by atoms with Crippen LogP contribution in [0.25, 0.3) is 10.6 Å². The Labute approximate surface area is 156 Å². The third-order valence-electron chi connectivity index (χ3n) is 3.68. The van der Waals surface area contributed by atoms with Gasteiger partial charge in [0.15, 0.2) is 5.13 Å². The number of hydrogen-bond donors (Lipinski definition) is 2. The fraction of sp³-hybridized carbons (Fsp3) is 0.500. The maximum Gasteiger partial charge on any atom is 0.226 e. The highest BCUT2D eigenvalue weighted by Gasteiger charge is 2.10. The molecule has 2 aromatic heterocycles. The summed E-state index contributed by atoms with van der Waals surface area (Å²) in [5, 5.41) is 8.27. The van der Waals surface area contributed by atoms with E-state index < -0.39 is 0 Å². The first-order chi connectivity index (χ1) is 12.1. The summed E-state index contributed by atoms with van der Waals surface area (Å²) in [6.45, 7) is 4.22. The number of carbonyl (C=O) groups is 2. The Morgan fingerprint density at radius 1 is 1.16 bits per heavy atom. The van der Waals surface area contributed by atoms with Gasteiger partial charge in [0.2, 0.25) is 11.8 Å². The Hall–Kier alpha value is -1.73. The van der Waals surface area contributed by atoms with Crippen molar-refractivity contribution in [3.63, 3.8) is 0 Å². The zero-order valence-electron chi connectivity index (χ0n) is 14.8. The van der Waals surface area contributed by atoms with Gasteiger partial charge in [-0.3, -0.25) is 9.59 Å². The first-order valence-electron chi connectivity index (χ1n) is 8.67. The summed E-state index contributed by atoms with van der Waals surface area (Å²) in [7, 11) is 0. The predicted molar refractivity (Wildman–Crippen MR) is 105 cm³/mol. The second-order valence-electron chi connectivity index (χ2n) is 5.93. The van der Waals surface area contributed by atoms with Crippen molar-refractivity contribution < 1.29 is 9.59 Å². The molecule has 2 rings (SSSR count). The molecule has 0 radical (unpaired) electrons. The number of unbranched alkanes of at least 4 members (excludes halogenated alkanes) is 4. The van der Waals surface area contributed by atoms with E-state index in [-0.39, 0.29) is 11.8 Å². The summed E-state index contributed by atoms with van der Waals surface area (Å²) in [6.07, 6.45) is 6.24. The number of thiazole rings is 1. The Kier molecular flexibility index (Phi) is 8.08. The van der Waals surface area contributed by atoms with Crippen molar-refractivity contribution in [2.75, 3.05) is 5.32 Å². The van der Waals surface area contributed by atoms with Gasteiger partial charge in [-0.1, -0.05) is 32.6 Å². The Balaban J connectivity index is 1.81. The topological polar surface area (TPSA) is 71.1 Å². The molecule has 0 spiro atoms. The van der Waals surface area contributed by atoms with E-state index in [0.717, 1.165) is 28.3 Å². The molecule has 0 unspecified atom stereocenters. The lowest BCUT2D eigenvalue weighted by molar-refractivity contribution is -0.119. The van der Waals surface area contributed by atoms with Crippen molar-refractivity contribution in [3.05, 3.63) is 22.4 Å². The molecule has 0 aromatic carbocycles. The molecule has 2 heterocycles. The number of rotatable bonds is 10. The Bertz CT molecular complexity index is 694. The zero-order valence-corrected chi connectivity index (χ0v) is 16.4. The molecule has 2 aromatic rings. The standard InChI is InChI=1S/C18H25N3O2S2/c1-3-4-5-6-7-8-17(23)21-18-20-15(12-24-18)16-10-9-14(25-16)11-19-13(2)22/h9-10,12H,3-8,11H2,1-2H3,(H,19,22)(H,20,21,23). The molecule has 0 aliphatic rings. The maximum atomic E-state index is 12.0. The summed E-state index contributed by atoms with van der Waals surface area (Å²) in [5.74, 6) is -0.00164. The van der Waals surface area contributed by atoms with Crippen molar-refractivity contribution in [1.82, 2.24) is 10.3 Å². The van der Waals surface area contributed by atoms with E-state index in [1.54, 1.807) is 11.3 Å². The average molecular weight is 380 g/mol. The van der Waals surface area contributed by atoms with Gasteiger partial charge < -0.3 is 10.6 Å². The molecule has 0 aliphatic heterocycles. The van der Waals surface area contributed by atoms with E-state index in [1.165, 1.54) is 37.5 Å². The van der Waals surface area contributed by atoms with Gasteiger partial charge >= 0.3 is 0 Å². The van der Waals surface area contributed by atoms with E-state index >= 15 is 0 Å². The monoisotopic (exact) mass is 379 g/mol. The molecule has 0 saturated heterocycles. The first-order valence-corrected chi connectivity index (χ1v) is 10.4. The minimum absolute atomic E-state index is 0.0370. The van der Waals surface area contributed by atoms with Crippen LogP contribution in [-0.4, -0.2) is 16.8 Å². The highest BCUT2D eigenvalue weighted by molar-refractivity contribution is 7.17. The van der Waals surface area contributed by atoms with Gasteiger partial charge in [-0.25, -0.2) is 4.98 Å². The molecular weight excluding hydrogens is 354 g/mol. The van der Waals surface area contributed by atoms with Gasteiger partial charge in [-0.15, -0.1) is 22.7 Å². The minimum Gasteiger partial charge on any atom is -0.351 e. The number of nitrogens with one attached hydrogen (secondary N) is 2. The quantitative estimate of drug-likeness (QED) is 0.582. The van der Waals surface area contributed by atoms with Crippen LogP contribution in [0.3, 0.4) is 0 Å². The lowest BCUT2D eigenvalue weighted by Crippen LogP contribution is -2.17. The van der Waals surface area contributed by atoms with E-state index in [0.29, 0.717) is 18.1 Å². The van der Waals surface area contributed by atoms with Crippen molar-refractivity contribution in [2.45, 2.75) is 58.9 Å². The van der Waals surface area contributed by atoms with E-state index in [2.05, 4.69) is 22.5 Å². The molecule has 7 heteroatoms. The van der Waals surface area contributed by atoms with E-state index in [9.17, 15) is 9.59 Å². The van der Waals surface area contributed by atoms with Crippen LogP contribution < -0.4 is 10.6 Å². The van der Waals surface area contributed by atoms with Gasteiger partial charge in [-0.2, -0.15) is 0 Å².